The van der Waals surface area contributed by atoms with Crippen molar-refractivity contribution in [3.8, 4) is 12.3 Å². The van der Waals surface area contributed by atoms with Gasteiger partial charge in [0.25, 0.3) is 0 Å². The maximum atomic E-state index is 5.40. The first-order valence-electron chi connectivity index (χ1n) is 3.50. The SMILES string of the molecule is C#CC1(C(C)(C)C)CC1. The third-order valence-corrected chi connectivity index (χ3v) is 2.46. The van der Waals surface area contributed by atoms with Gasteiger partial charge in [-0.15, -0.1) is 6.42 Å². The lowest BCUT2D eigenvalue weighted by Crippen LogP contribution is -2.19. The van der Waals surface area contributed by atoms with E-state index in [1.54, 1.807) is 0 Å². The zero-order chi connectivity index (χ0) is 7.12. The summed E-state index contributed by atoms with van der Waals surface area (Å²) in [6.07, 6.45) is 7.86. The molecule has 0 spiro atoms. The molecule has 1 aliphatic rings. The van der Waals surface area contributed by atoms with Gasteiger partial charge in [-0.1, -0.05) is 26.7 Å². The molecule has 0 N–H and O–H groups in total. The molecular weight excluding hydrogens is 108 g/mol. The summed E-state index contributed by atoms with van der Waals surface area (Å²) >= 11 is 0. The Morgan fingerprint density at radius 3 is 1.78 bits per heavy atom. The second-order valence-corrected chi connectivity index (χ2v) is 3.98. The zero-order valence-electron chi connectivity index (χ0n) is 6.49. The van der Waals surface area contributed by atoms with Crippen LogP contribution in [0.5, 0.6) is 0 Å². The van der Waals surface area contributed by atoms with Crippen molar-refractivity contribution in [3.05, 3.63) is 0 Å². The van der Waals surface area contributed by atoms with Gasteiger partial charge in [0.1, 0.15) is 0 Å². The van der Waals surface area contributed by atoms with E-state index in [4.69, 9.17) is 6.42 Å². The van der Waals surface area contributed by atoms with Gasteiger partial charge in [-0.25, -0.2) is 0 Å². The van der Waals surface area contributed by atoms with Crippen molar-refractivity contribution in [1.29, 1.82) is 0 Å². The highest BCUT2D eigenvalue weighted by Gasteiger charge is 2.50. The predicted molar refractivity (Wildman–Crippen MR) is 40.0 cm³/mol. The van der Waals surface area contributed by atoms with Crippen LogP contribution in [-0.4, -0.2) is 0 Å². The van der Waals surface area contributed by atoms with E-state index in [9.17, 15) is 0 Å². The molecule has 0 heteroatoms. The quantitative estimate of drug-likeness (QED) is 0.433. The molecule has 0 radical (unpaired) electrons. The lowest BCUT2D eigenvalue weighted by atomic mass is 9.78. The van der Waals surface area contributed by atoms with Crippen LogP contribution in [0.3, 0.4) is 0 Å². The summed E-state index contributed by atoms with van der Waals surface area (Å²) < 4.78 is 0. The lowest BCUT2D eigenvalue weighted by molar-refractivity contribution is 0.282. The summed E-state index contributed by atoms with van der Waals surface area (Å²) in [6.45, 7) is 6.67. The molecule has 0 atom stereocenters. The van der Waals surface area contributed by atoms with Crippen molar-refractivity contribution in [2.45, 2.75) is 33.6 Å². The second kappa shape index (κ2) is 1.53. The van der Waals surface area contributed by atoms with E-state index in [0.29, 0.717) is 5.41 Å². The molecule has 0 aromatic rings. The fourth-order valence-electron chi connectivity index (χ4n) is 1.24. The van der Waals surface area contributed by atoms with Crippen LogP contribution in [0.2, 0.25) is 0 Å². The molecule has 0 aliphatic heterocycles. The highest BCUT2D eigenvalue weighted by molar-refractivity contribution is 5.19. The number of hydrogen-bond acceptors (Lipinski definition) is 0. The Hall–Kier alpha value is -0.440. The smallest absolute Gasteiger partial charge is 0.0361 e. The minimum atomic E-state index is 0.257. The van der Waals surface area contributed by atoms with Gasteiger partial charge in [-0.2, -0.15) is 0 Å². The Labute approximate surface area is 57.7 Å². The van der Waals surface area contributed by atoms with Crippen LogP contribution in [0.25, 0.3) is 0 Å². The van der Waals surface area contributed by atoms with E-state index >= 15 is 0 Å². The van der Waals surface area contributed by atoms with Crippen molar-refractivity contribution >= 4 is 0 Å². The topological polar surface area (TPSA) is 0 Å². The van der Waals surface area contributed by atoms with Crippen molar-refractivity contribution in [2.75, 3.05) is 0 Å². The molecule has 1 saturated carbocycles. The van der Waals surface area contributed by atoms with Gasteiger partial charge < -0.3 is 0 Å². The molecule has 0 unspecified atom stereocenters. The average Bonchev–Trinajstić information content (AvgIpc) is 2.40. The molecule has 50 valence electrons. The summed E-state index contributed by atoms with van der Waals surface area (Å²) in [4.78, 5) is 0. The van der Waals surface area contributed by atoms with Crippen molar-refractivity contribution in [1.82, 2.24) is 0 Å². The molecule has 0 aromatic heterocycles. The maximum Gasteiger partial charge on any atom is 0.0361 e. The molecule has 1 fully saturated rings. The van der Waals surface area contributed by atoms with Crippen molar-refractivity contribution in [2.24, 2.45) is 10.8 Å². The summed E-state index contributed by atoms with van der Waals surface area (Å²) in [5, 5.41) is 0. The first kappa shape index (κ1) is 6.68. The van der Waals surface area contributed by atoms with E-state index in [1.165, 1.54) is 12.8 Å². The van der Waals surface area contributed by atoms with Crippen molar-refractivity contribution in [3.63, 3.8) is 0 Å². The van der Waals surface area contributed by atoms with Crippen LogP contribution in [-0.2, 0) is 0 Å². The molecule has 0 aromatic carbocycles. The van der Waals surface area contributed by atoms with Crippen LogP contribution in [0.4, 0.5) is 0 Å². The molecule has 1 rings (SSSR count). The maximum absolute atomic E-state index is 5.40. The molecule has 0 nitrogen and oxygen atoms in total. The Morgan fingerprint density at radius 2 is 1.78 bits per heavy atom. The molecule has 0 heterocycles. The fraction of sp³-hybridized carbons (Fsp3) is 0.778. The van der Waals surface area contributed by atoms with Gasteiger partial charge in [0.15, 0.2) is 0 Å². The van der Waals surface area contributed by atoms with Crippen LogP contribution < -0.4 is 0 Å². The van der Waals surface area contributed by atoms with E-state index in [-0.39, 0.29) is 5.41 Å². The third kappa shape index (κ3) is 0.852. The Balaban J connectivity index is 2.75. The van der Waals surface area contributed by atoms with Gasteiger partial charge in [0, 0.05) is 5.41 Å². The second-order valence-electron chi connectivity index (χ2n) is 3.98. The van der Waals surface area contributed by atoms with Gasteiger partial charge in [-0.3, -0.25) is 0 Å². The third-order valence-electron chi connectivity index (χ3n) is 2.46. The molecule has 0 saturated heterocycles. The highest BCUT2D eigenvalue weighted by Crippen LogP contribution is 2.57. The standard InChI is InChI=1S/C9H14/c1-5-9(6-7-9)8(2,3)4/h1H,6-7H2,2-4H3. The number of rotatable bonds is 0. The number of terminal acetylenes is 1. The normalized spacial score (nSPS) is 22.9. The molecular formula is C9H14. The molecule has 0 bridgehead atoms. The van der Waals surface area contributed by atoms with E-state index in [1.807, 2.05) is 0 Å². The van der Waals surface area contributed by atoms with Crippen molar-refractivity contribution < 1.29 is 0 Å². The number of hydrogen-bond donors (Lipinski definition) is 0. The Bertz CT molecular complexity index is 148. The van der Waals surface area contributed by atoms with E-state index in [2.05, 4.69) is 26.7 Å². The van der Waals surface area contributed by atoms with Crippen LogP contribution >= 0.6 is 0 Å². The monoisotopic (exact) mass is 122 g/mol. The zero-order valence-corrected chi connectivity index (χ0v) is 6.49. The predicted octanol–water partition coefficient (Wildman–Crippen LogP) is 2.45. The first-order valence-corrected chi connectivity index (χ1v) is 3.50. The van der Waals surface area contributed by atoms with Crippen LogP contribution in [0.15, 0.2) is 0 Å². The highest BCUT2D eigenvalue weighted by atomic mass is 14.5. The largest absolute Gasteiger partial charge is 0.119 e. The van der Waals surface area contributed by atoms with Gasteiger partial charge >= 0.3 is 0 Å². The minimum absolute atomic E-state index is 0.257. The van der Waals surface area contributed by atoms with E-state index < -0.39 is 0 Å². The summed E-state index contributed by atoms with van der Waals surface area (Å²) in [7, 11) is 0. The summed E-state index contributed by atoms with van der Waals surface area (Å²) in [5.74, 6) is 2.89. The van der Waals surface area contributed by atoms with Gasteiger partial charge in [0.2, 0.25) is 0 Å². The Morgan fingerprint density at radius 1 is 1.33 bits per heavy atom. The first-order chi connectivity index (χ1) is 4.02. The average molecular weight is 122 g/mol. The fourth-order valence-corrected chi connectivity index (χ4v) is 1.24. The molecule has 0 amide bonds. The lowest BCUT2D eigenvalue weighted by Gasteiger charge is -2.25. The van der Waals surface area contributed by atoms with Crippen LogP contribution in [0, 0.1) is 23.2 Å². The minimum Gasteiger partial charge on any atom is -0.119 e. The Kier molecular flexibility index (Phi) is 1.14. The van der Waals surface area contributed by atoms with Crippen LogP contribution in [0.1, 0.15) is 33.6 Å². The molecule has 1 aliphatic carbocycles. The van der Waals surface area contributed by atoms with Gasteiger partial charge in [0.05, 0.1) is 0 Å². The summed E-state index contributed by atoms with van der Waals surface area (Å²) in [5.41, 5.74) is 0.578. The van der Waals surface area contributed by atoms with E-state index in [0.717, 1.165) is 0 Å². The van der Waals surface area contributed by atoms with Gasteiger partial charge in [-0.05, 0) is 18.3 Å². The molecule has 9 heavy (non-hydrogen) atoms. The summed E-state index contributed by atoms with van der Waals surface area (Å²) in [6, 6.07) is 0.